The molecule has 0 radical (unpaired) electrons. The fourth-order valence-corrected chi connectivity index (χ4v) is 3.16. The molecule has 0 aliphatic rings. The Labute approximate surface area is 162 Å². The maximum absolute atomic E-state index is 12.8. The van der Waals surface area contributed by atoms with Gasteiger partial charge < -0.3 is 16.4 Å². The molecule has 142 valence electrons. The van der Waals surface area contributed by atoms with Crippen LogP contribution in [0, 0.1) is 0 Å². The Bertz CT molecular complexity index is 1070. The summed E-state index contributed by atoms with van der Waals surface area (Å²) in [6, 6.07) is 18.0. The van der Waals surface area contributed by atoms with E-state index in [2.05, 4.69) is 10.6 Å². The van der Waals surface area contributed by atoms with Gasteiger partial charge in [0, 0.05) is 23.7 Å². The fraction of sp³-hybridized carbons (Fsp3) is 0.136. The van der Waals surface area contributed by atoms with Crippen molar-refractivity contribution in [2.24, 2.45) is 5.73 Å². The summed E-state index contributed by atoms with van der Waals surface area (Å²) < 4.78 is 0. The van der Waals surface area contributed by atoms with Gasteiger partial charge in [0.15, 0.2) is 0 Å². The van der Waals surface area contributed by atoms with Crippen molar-refractivity contribution in [2.75, 3.05) is 5.32 Å². The summed E-state index contributed by atoms with van der Waals surface area (Å²) >= 11 is 0. The van der Waals surface area contributed by atoms with Gasteiger partial charge in [-0.2, -0.15) is 0 Å². The third kappa shape index (κ3) is 4.17. The molecular weight excluding hydrogens is 354 g/mol. The third-order valence-electron chi connectivity index (χ3n) is 4.44. The first-order valence-electron chi connectivity index (χ1n) is 8.86. The molecule has 1 atom stereocenters. The van der Waals surface area contributed by atoms with Crippen LogP contribution >= 0.6 is 0 Å². The number of nitrogens with one attached hydrogen (secondary N) is 2. The van der Waals surface area contributed by atoms with Gasteiger partial charge in [0.05, 0.1) is 6.04 Å². The van der Waals surface area contributed by atoms with Crippen LogP contribution in [0.3, 0.4) is 0 Å². The summed E-state index contributed by atoms with van der Waals surface area (Å²) in [5.41, 5.74) is 7.07. The molecule has 0 heterocycles. The van der Waals surface area contributed by atoms with Crippen LogP contribution in [-0.2, 0) is 4.79 Å². The average Bonchev–Trinajstić information content (AvgIpc) is 2.66. The SMILES string of the molecule is CC(=O)Nc1cc(C(N)=O)cc(C(=O)N[C@H](C)c2cccc3ccccc23)c1. The van der Waals surface area contributed by atoms with E-state index in [-0.39, 0.29) is 29.0 Å². The minimum absolute atomic E-state index is 0.147. The van der Waals surface area contributed by atoms with E-state index in [4.69, 9.17) is 5.73 Å². The minimum atomic E-state index is -0.677. The Morgan fingerprint density at radius 3 is 2.32 bits per heavy atom. The number of amides is 3. The molecule has 3 aromatic carbocycles. The van der Waals surface area contributed by atoms with E-state index in [0.29, 0.717) is 5.69 Å². The van der Waals surface area contributed by atoms with Crippen molar-refractivity contribution in [2.45, 2.75) is 19.9 Å². The van der Waals surface area contributed by atoms with Crippen LogP contribution in [0.4, 0.5) is 5.69 Å². The molecule has 3 amide bonds. The molecule has 28 heavy (non-hydrogen) atoms. The number of benzene rings is 3. The molecule has 0 saturated heterocycles. The first-order valence-corrected chi connectivity index (χ1v) is 8.86. The van der Waals surface area contributed by atoms with Crippen molar-refractivity contribution in [3.05, 3.63) is 77.4 Å². The van der Waals surface area contributed by atoms with Crippen molar-refractivity contribution >= 4 is 34.2 Å². The largest absolute Gasteiger partial charge is 0.366 e. The van der Waals surface area contributed by atoms with E-state index in [0.717, 1.165) is 16.3 Å². The molecule has 0 aromatic heterocycles. The van der Waals surface area contributed by atoms with E-state index < -0.39 is 5.91 Å². The van der Waals surface area contributed by atoms with Crippen LogP contribution in [-0.4, -0.2) is 17.7 Å². The highest BCUT2D eigenvalue weighted by Gasteiger charge is 2.16. The lowest BCUT2D eigenvalue weighted by Gasteiger charge is -2.17. The summed E-state index contributed by atoms with van der Waals surface area (Å²) in [7, 11) is 0. The highest BCUT2D eigenvalue weighted by molar-refractivity contribution is 6.02. The summed E-state index contributed by atoms with van der Waals surface area (Å²) in [5.74, 6) is -1.35. The van der Waals surface area contributed by atoms with E-state index in [9.17, 15) is 14.4 Å². The number of primary amides is 1. The number of hydrogen-bond donors (Lipinski definition) is 3. The Morgan fingerprint density at radius 1 is 0.929 bits per heavy atom. The summed E-state index contributed by atoms with van der Waals surface area (Å²) in [6.07, 6.45) is 0. The second kappa shape index (κ2) is 7.92. The molecule has 0 aliphatic heterocycles. The summed E-state index contributed by atoms with van der Waals surface area (Å²) in [6.45, 7) is 3.24. The standard InChI is InChI=1S/C22H21N3O3/c1-13(19-9-5-7-15-6-3-4-8-20(15)19)24-22(28)17-10-16(21(23)27)11-18(12-17)25-14(2)26/h3-13H,1-2H3,(H2,23,27)(H,24,28)(H,25,26)/t13-/m1/s1. The van der Waals surface area contributed by atoms with Gasteiger partial charge in [0.25, 0.3) is 5.91 Å². The molecule has 0 fully saturated rings. The normalized spacial score (nSPS) is 11.6. The predicted octanol–water partition coefficient (Wildman–Crippen LogP) is 3.39. The second-order valence-corrected chi connectivity index (χ2v) is 6.61. The highest BCUT2D eigenvalue weighted by Crippen LogP contribution is 2.24. The number of fused-ring (bicyclic) bond motifs is 1. The van der Waals surface area contributed by atoms with E-state index >= 15 is 0 Å². The Morgan fingerprint density at radius 2 is 1.61 bits per heavy atom. The first-order chi connectivity index (χ1) is 13.3. The molecular formula is C22H21N3O3. The zero-order valence-electron chi connectivity index (χ0n) is 15.7. The fourth-order valence-electron chi connectivity index (χ4n) is 3.16. The number of nitrogens with two attached hydrogens (primary N) is 1. The van der Waals surface area contributed by atoms with E-state index in [1.165, 1.54) is 25.1 Å². The van der Waals surface area contributed by atoms with Gasteiger partial charge in [-0.15, -0.1) is 0 Å². The number of rotatable bonds is 5. The second-order valence-electron chi connectivity index (χ2n) is 6.61. The van der Waals surface area contributed by atoms with Gasteiger partial charge >= 0.3 is 0 Å². The van der Waals surface area contributed by atoms with Crippen LogP contribution in [0.1, 0.15) is 46.2 Å². The van der Waals surface area contributed by atoms with Crippen molar-refractivity contribution in [1.29, 1.82) is 0 Å². The van der Waals surface area contributed by atoms with Crippen LogP contribution in [0.25, 0.3) is 10.8 Å². The Hall–Kier alpha value is -3.67. The molecule has 0 spiro atoms. The maximum Gasteiger partial charge on any atom is 0.251 e. The Kier molecular flexibility index (Phi) is 5.40. The quantitative estimate of drug-likeness (QED) is 0.637. The molecule has 0 bridgehead atoms. The molecule has 6 heteroatoms. The number of hydrogen-bond acceptors (Lipinski definition) is 3. The maximum atomic E-state index is 12.8. The van der Waals surface area contributed by atoms with E-state index in [1.807, 2.05) is 49.4 Å². The Balaban J connectivity index is 1.90. The van der Waals surface area contributed by atoms with Gasteiger partial charge in [-0.05, 0) is 41.5 Å². The molecule has 3 aromatic rings. The van der Waals surface area contributed by atoms with Crippen molar-refractivity contribution < 1.29 is 14.4 Å². The van der Waals surface area contributed by atoms with Crippen molar-refractivity contribution in [3.63, 3.8) is 0 Å². The topological polar surface area (TPSA) is 101 Å². The smallest absolute Gasteiger partial charge is 0.251 e. The molecule has 4 N–H and O–H groups in total. The molecule has 0 unspecified atom stereocenters. The van der Waals surface area contributed by atoms with Crippen molar-refractivity contribution in [3.8, 4) is 0 Å². The molecule has 0 aliphatic carbocycles. The first kappa shape index (κ1) is 19.1. The van der Waals surface area contributed by atoms with Gasteiger partial charge in [-0.3, -0.25) is 14.4 Å². The zero-order valence-corrected chi connectivity index (χ0v) is 15.7. The van der Waals surface area contributed by atoms with E-state index in [1.54, 1.807) is 0 Å². The summed E-state index contributed by atoms with van der Waals surface area (Å²) in [5, 5.41) is 7.67. The lowest BCUT2D eigenvalue weighted by molar-refractivity contribution is -0.114. The van der Waals surface area contributed by atoms with Crippen LogP contribution in [0.2, 0.25) is 0 Å². The van der Waals surface area contributed by atoms with Crippen LogP contribution in [0.15, 0.2) is 60.7 Å². The average molecular weight is 375 g/mol. The highest BCUT2D eigenvalue weighted by atomic mass is 16.2. The third-order valence-corrected chi connectivity index (χ3v) is 4.44. The van der Waals surface area contributed by atoms with Gasteiger partial charge in [0.1, 0.15) is 0 Å². The summed E-state index contributed by atoms with van der Waals surface area (Å²) in [4.78, 5) is 35.7. The minimum Gasteiger partial charge on any atom is -0.366 e. The number of carbonyl (C=O) groups excluding carboxylic acids is 3. The lowest BCUT2D eigenvalue weighted by Crippen LogP contribution is -2.27. The van der Waals surface area contributed by atoms with Crippen LogP contribution < -0.4 is 16.4 Å². The monoisotopic (exact) mass is 375 g/mol. The van der Waals surface area contributed by atoms with Crippen LogP contribution in [0.5, 0.6) is 0 Å². The molecule has 3 rings (SSSR count). The zero-order chi connectivity index (χ0) is 20.3. The molecule has 0 saturated carbocycles. The number of carbonyl (C=O) groups is 3. The molecule has 6 nitrogen and oxygen atoms in total. The van der Waals surface area contributed by atoms with Crippen molar-refractivity contribution in [1.82, 2.24) is 5.32 Å². The lowest BCUT2D eigenvalue weighted by atomic mass is 9.99. The number of anilines is 1. The van der Waals surface area contributed by atoms with Gasteiger partial charge in [-0.25, -0.2) is 0 Å². The van der Waals surface area contributed by atoms with Gasteiger partial charge in [0.2, 0.25) is 11.8 Å². The van der Waals surface area contributed by atoms with Gasteiger partial charge in [-0.1, -0.05) is 42.5 Å². The predicted molar refractivity (Wildman–Crippen MR) is 109 cm³/mol.